The first-order chi connectivity index (χ1) is 14.8. The Morgan fingerprint density at radius 2 is 2.13 bits per heavy atom. The molecule has 0 saturated carbocycles. The van der Waals surface area contributed by atoms with E-state index in [9.17, 15) is 17.6 Å². The summed E-state index contributed by atoms with van der Waals surface area (Å²) in [5.74, 6) is -0.407. The molecule has 0 unspecified atom stereocenters. The zero-order valence-corrected chi connectivity index (χ0v) is 17.7. The van der Waals surface area contributed by atoms with Gasteiger partial charge in [0, 0.05) is 31.7 Å². The van der Waals surface area contributed by atoms with E-state index in [1.54, 1.807) is 29.2 Å². The number of hydrogen-bond donors (Lipinski definition) is 0. The summed E-state index contributed by atoms with van der Waals surface area (Å²) in [6.07, 6.45) is 0.817. The maximum absolute atomic E-state index is 13.6. The van der Waals surface area contributed by atoms with Crippen molar-refractivity contribution in [3.05, 3.63) is 53.5 Å². The molecule has 31 heavy (non-hydrogen) atoms. The molecule has 1 aromatic carbocycles. The molecule has 0 aliphatic carbocycles. The molecule has 2 aromatic rings. The number of pyridine rings is 1. The van der Waals surface area contributed by atoms with Crippen LogP contribution in [0.1, 0.15) is 17.7 Å². The fourth-order valence-corrected chi connectivity index (χ4v) is 5.80. The summed E-state index contributed by atoms with van der Waals surface area (Å²) < 4.78 is 46.1. The number of halogens is 1. The van der Waals surface area contributed by atoms with Crippen molar-refractivity contribution in [3.63, 3.8) is 0 Å². The molecule has 2 fully saturated rings. The third kappa shape index (κ3) is 3.98. The van der Waals surface area contributed by atoms with E-state index < -0.39 is 15.8 Å². The van der Waals surface area contributed by atoms with Crippen molar-refractivity contribution >= 4 is 15.9 Å². The number of methoxy groups -OCH3 is 1. The third-order valence-electron chi connectivity index (χ3n) is 5.85. The van der Waals surface area contributed by atoms with Crippen molar-refractivity contribution < 1.29 is 22.3 Å². The Balaban J connectivity index is 1.49. The molecular weight excluding hydrogens is 423 g/mol. The predicted octanol–water partition coefficient (Wildman–Crippen LogP) is 1.57. The minimum atomic E-state index is -3.90. The highest BCUT2D eigenvalue weighted by Crippen LogP contribution is 2.35. The number of fused-ring (bicyclic) bond motifs is 1. The second-order valence-corrected chi connectivity index (χ2v) is 9.56. The maximum atomic E-state index is 13.6. The molecule has 2 aliphatic rings. The van der Waals surface area contributed by atoms with Gasteiger partial charge in [-0.3, -0.25) is 4.79 Å². The lowest BCUT2D eigenvalue weighted by molar-refractivity contribution is -0.131. The summed E-state index contributed by atoms with van der Waals surface area (Å²) in [6.45, 7) is 1.03. The number of hydrogen-bond acceptors (Lipinski definition) is 6. The molecule has 10 heteroatoms. The van der Waals surface area contributed by atoms with Crippen molar-refractivity contribution in [2.75, 3.05) is 26.7 Å². The third-order valence-corrected chi connectivity index (χ3v) is 7.68. The van der Waals surface area contributed by atoms with Gasteiger partial charge in [-0.25, -0.2) is 17.8 Å². The second-order valence-electron chi connectivity index (χ2n) is 7.63. The quantitative estimate of drug-likeness (QED) is 0.693. The Hall–Kier alpha value is -3.03. The summed E-state index contributed by atoms with van der Waals surface area (Å²) in [5.41, 5.74) is 0.272. The van der Waals surface area contributed by atoms with Gasteiger partial charge in [-0.2, -0.15) is 9.57 Å². The summed E-state index contributed by atoms with van der Waals surface area (Å²) in [4.78, 5) is 18.8. The van der Waals surface area contributed by atoms with Gasteiger partial charge in [0.15, 0.2) is 0 Å². The van der Waals surface area contributed by atoms with E-state index in [1.807, 2.05) is 0 Å². The summed E-state index contributed by atoms with van der Waals surface area (Å²) >= 11 is 0. The molecule has 1 amide bonds. The highest BCUT2D eigenvalue weighted by atomic mass is 32.2. The lowest BCUT2D eigenvalue weighted by Crippen LogP contribution is -2.41. The molecular formula is C21H21FN4O4S. The number of carbonyl (C=O) groups is 1. The zero-order valence-electron chi connectivity index (χ0n) is 16.9. The van der Waals surface area contributed by atoms with Crippen LogP contribution < -0.4 is 4.74 Å². The first-order valence-electron chi connectivity index (χ1n) is 9.82. The number of amides is 1. The lowest BCUT2D eigenvalue weighted by Gasteiger charge is -2.25. The van der Waals surface area contributed by atoms with E-state index in [4.69, 9.17) is 10.00 Å². The van der Waals surface area contributed by atoms with Crippen molar-refractivity contribution in [2.45, 2.75) is 23.8 Å². The van der Waals surface area contributed by atoms with E-state index in [0.717, 1.165) is 18.2 Å². The van der Waals surface area contributed by atoms with E-state index in [2.05, 4.69) is 4.98 Å². The van der Waals surface area contributed by atoms with Gasteiger partial charge in [0.2, 0.25) is 21.8 Å². The number of benzene rings is 1. The van der Waals surface area contributed by atoms with Gasteiger partial charge in [0.25, 0.3) is 0 Å². The van der Waals surface area contributed by atoms with Crippen LogP contribution in [0.4, 0.5) is 4.39 Å². The first-order valence-corrected chi connectivity index (χ1v) is 11.3. The number of carbonyl (C=O) groups excluding carboxylic acids is 1. The van der Waals surface area contributed by atoms with Gasteiger partial charge >= 0.3 is 0 Å². The molecule has 0 bridgehead atoms. The number of aromatic nitrogens is 1. The van der Waals surface area contributed by atoms with E-state index in [-0.39, 0.29) is 47.8 Å². The molecule has 0 N–H and O–H groups in total. The molecule has 8 nitrogen and oxygen atoms in total. The topological polar surface area (TPSA) is 104 Å². The van der Waals surface area contributed by atoms with Crippen LogP contribution >= 0.6 is 0 Å². The van der Waals surface area contributed by atoms with Crippen LogP contribution in [0, 0.1) is 23.1 Å². The van der Waals surface area contributed by atoms with E-state index in [1.165, 1.54) is 11.4 Å². The second kappa shape index (κ2) is 8.24. The predicted molar refractivity (Wildman–Crippen MR) is 108 cm³/mol. The Kier molecular flexibility index (Phi) is 5.64. The summed E-state index contributed by atoms with van der Waals surface area (Å²) in [6, 6.07) is 9.87. The van der Waals surface area contributed by atoms with Crippen molar-refractivity contribution in [1.29, 1.82) is 5.26 Å². The van der Waals surface area contributed by atoms with Gasteiger partial charge in [0.1, 0.15) is 11.9 Å². The number of rotatable bonds is 5. The molecule has 2 atom stereocenters. The zero-order chi connectivity index (χ0) is 22.2. The fourth-order valence-electron chi connectivity index (χ4n) is 4.25. The van der Waals surface area contributed by atoms with E-state index in [0.29, 0.717) is 24.5 Å². The van der Waals surface area contributed by atoms with Gasteiger partial charge in [-0.05, 0) is 36.6 Å². The minimum Gasteiger partial charge on any atom is -0.481 e. The molecule has 3 heterocycles. The smallest absolute Gasteiger partial charge is 0.243 e. The molecule has 0 radical (unpaired) electrons. The van der Waals surface area contributed by atoms with Crippen molar-refractivity contribution in [1.82, 2.24) is 14.2 Å². The molecule has 4 rings (SSSR count). The monoisotopic (exact) mass is 444 g/mol. The summed E-state index contributed by atoms with van der Waals surface area (Å²) in [5, 5.41) is 9.00. The van der Waals surface area contributed by atoms with Crippen LogP contribution in [-0.2, 0) is 21.2 Å². The van der Waals surface area contributed by atoms with Crippen LogP contribution in [-0.4, -0.2) is 61.3 Å². The van der Waals surface area contributed by atoms with Gasteiger partial charge < -0.3 is 9.64 Å². The SMILES string of the molecule is COc1cccc(CC(=O)N2CC[C@H]3CN(S(=O)(=O)c4ccc(F)c(C#N)c4)C[C@@H]32)n1. The normalized spacial score (nSPS) is 21.0. The Labute approximate surface area is 179 Å². The number of nitriles is 1. The molecule has 2 aliphatic heterocycles. The number of likely N-dealkylation sites (tertiary alicyclic amines) is 1. The fraction of sp³-hybridized carbons (Fsp3) is 0.381. The number of sulfonamides is 1. The average Bonchev–Trinajstić information content (AvgIpc) is 3.35. The van der Waals surface area contributed by atoms with Crippen LogP contribution in [0.25, 0.3) is 0 Å². The van der Waals surface area contributed by atoms with Crippen LogP contribution in [0.5, 0.6) is 5.88 Å². The van der Waals surface area contributed by atoms with Gasteiger partial charge in [-0.1, -0.05) is 6.07 Å². The van der Waals surface area contributed by atoms with Crippen molar-refractivity contribution in [3.8, 4) is 11.9 Å². The average molecular weight is 444 g/mol. The standard InChI is InChI=1S/C21H21FN4O4S/c1-30-20-4-2-3-16(24-20)10-21(27)26-8-7-14-12-25(13-19(14)26)31(28,29)17-5-6-18(22)15(9-17)11-23/h2-6,9,14,19H,7-8,10,12-13H2,1H3/t14-,19-/m0/s1. The highest BCUT2D eigenvalue weighted by molar-refractivity contribution is 7.89. The molecule has 1 aromatic heterocycles. The van der Waals surface area contributed by atoms with E-state index >= 15 is 0 Å². The van der Waals surface area contributed by atoms with Crippen LogP contribution in [0.15, 0.2) is 41.3 Å². The number of nitrogens with zero attached hydrogens (tertiary/aromatic N) is 4. The highest BCUT2D eigenvalue weighted by Gasteiger charge is 2.46. The van der Waals surface area contributed by atoms with Gasteiger partial charge in [0.05, 0.1) is 29.7 Å². The Morgan fingerprint density at radius 1 is 1.32 bits per heavy atom. The Morgan fingerprint density at radius 3 is 2.87 bits per heavy atom. The van der Waals surface area contributed by atoms with Crippen LogP contribution in [0.3, 0.4) is 0 Å². The maximum Gasteiger partial charge on any atom is 0.243 e. The molecule has 162 valence electrons. The lowest BCUT2D eigenvalue weighted by atomic mass is 10.1. The largest absolute Gasteiger partial charge is 0.481 e. The number of ether oxygens (including phenoxy) is 1. The van der Waals surface area contributed by atoms with Crippen molar-refractivity contribution in [2.24, 2.45) is 5.92 Å². The first kappa shape index (κ1) is 21.2. The van der Waals surface area contributed by atoms with Gasteiger partial charge in [-0.15, -0.1) is 0 Å². The molecule has 0 spiro atoms. The Bertz CT molecular complexity index is 1160. The van der Waals surface area contributed by atoms with Crippen LogP contribution in [0.2, 0.25) is 0 Å². The minimum absolute atomic E-state index is 0.0351. The molecule has 2 saturated heterocycles. The summed E-state index contributed by atoms with van der Waals surface area (Å²) in [7, 11) is -2.39.